The van der Waals surface area contributed by atoms with Gasteiger partial charge in [0, 0.05) is 31.7 Å². The van der Waals surface area contributed by atoms with Crippen molar-refractivity contribution in [2.45, 2.75) is 6.54 Å². The number of amides is 1. The minimum absolute atomic E-state index is 0.00923. The van der Waals surface area contributed by atoms with Crippen molar-refractivity contribution < 1.29 is 4.79 Å². The maximum absolute atomic E-state index is 11.0. The van der Waals surface area contributed by atoms with Gasteiger partial charge in [0.15, 0.2) is 0 Å². The Bertz CT molecular complexity index is 490. The average molecular weight is 244 g/mol. The van der Waals surface area contributed by atoms with Crippen LogP contribution in [0.15, 0.2) is 43.0 Å². The molecule has 1 aromatic carbocycles. The fourth-order valence-corrected chi connectivity index (χ4v) is 1.61. The Kier molecular flexibility index (Phi) is 4.09. The quantitative estimate of drug-likeness (QED) is 0.814. The van der Waals surface area contributed by atoms with E-state index in [1.807, 2.05) is 35.0 Å². The van der Waals surface area contributed by atoms with Gasteiger partial charge >= 0.3 is 0 Å². The molecule has 0 fully saturated rings. The molecule has 0 saturated heterocycles. The van der Waals surface area contributed by atoms with Gasteiger partial charge in [-0.25, -0.2) is 4.98 Å². The number of hydrogen-bond donors (Lipinski definition) is 2. The van der Waals surface area contributed by atoms with Crippen molar-refractivity contribution in [3.05, 3.63) is 48.5 Å². The number of nitrogens with zero attached hydrogens (tertiary/aromatic N) is 2. The Morgan fingerprint density at radius 2 is 2.11 bits per heavy atom. The van der Waals surface area contributed by atoms with Crippen molar-refractivity contribution in [1.29, 1.82) is 0 Å². The van der Waals surface area contributed by atoms with Gasteiger partial charge in [-0.05, 0) is 17.7 Å². The zero-order valence-corrected chi connectivity index (χ0v) is 10.3. The van der Waals surface area contributed by atoms with Gasteiger partial charge in [-0.3, -0.25) is 4.79 Å². The summed E-state index contributed by atoms with van der Waals surface area (Å²) in [6.07, 6.45) is 5.41. The first-order valence-electron chi connectivity index (χ1n) is 5.78. The molecular weight excluding hydrogens is 228 g/mol. The second-order valence-corrected chi connectivity index (χ2v) is 3.91. The van der Waals surface area contributed by atoms with Gasteiger partial charge in [-0.1, -0.05) is 12.1 Å². The van der Waals surface area contributed by atoms with Crippen molar-refractivity contribution in [1.82, 2.24) is 20.2 Å². The van der Waals surface area contributed by atoms with Crippen LogP contribution in [0.2, 0.25) is 0 Å². The molecule has 2 N–H and O–H groups in total. The summed E-state index contributed by atoms with van der Waals surface area (Å²) in [5, 5.41) is 5.64. The van der Waals surface area contributed by atoms with Crippen LogP contribution in [-0.4, -0.2) is 29.1 Å². The molecule has 18 heavy (non-hydrogen) atoms. The van der Waals surface area contributed by atoms with Crippen molar-refractivity contribution in [2.75, 3.05) is 13.6 Å². The maximum Gasteiger partial charge on any atom is 0.233 e. The topological polar surface area (TPSA) is 59.0 Å². The number of likely N-dealkylation sites (N-methyl/N-ethyl adjacent to an activating group) is 1. The minimum Gasteiger partial charge on any atom is -0.358 e. The van der Waals surface area contributed by atoms with Crippen LogP contribution >= 0.6 is 0 Å². The molecule has 5 nitrogen and oxygen atoms in total. The van der Waals surface area contributed by atoms with Crippen LogP contribution < -0.4 is 10.6 Å². The zero-order valence-electron chi connectivity index (χ0n) is 10.3. The van der Waals surface area contributed by atoms with E-state index in [2.05, 4.69) is 15.6 Å². The molecule has 1 aromatic heterocycles. The molecule has 0 saturated carbocycles. The number of aromatic nitrogens is 2. The van der Waals surface area contributed by atoms with Crippen LogP contribution in [0.4, 0.5) is 0 Å². The number of imidazole rings is 1. The summed E-state index contributed by atoms with van der Waals surface area (Å²) in [5.41, 5.74) is 2.21. The Labute approximate surface area is 106 Å². The first-order chi connectivity index (χ1) is 8.79. The number of benzene rings is 1. The molecule has 2 aromatic rings. The van der Waals surface area contributed by atoms with E-state index >= 15 is 0 Å². The molecule has 0 atom stereocenters. The highest BCUT2D eigenvalue weighted by atomic mass is 16.1. The molecule has 0 aliphatic heterocycles. The van der Waals surface area contributed by atoms with Gasteiger partial charge < -0.3 is 15.2 Å². The second kappa shape index (κ2) is 5.97. The summed E-state index contributed by atoms with van der Waals surface area (Å²) < 4.78 is 1.95. The van der Waals surface area contributed by atoms with Gasteiger partial charge in [-0.15, -0.1) is 0 Å². The minimum atomic E-state index is -0.00923. The van der Waals surface area contributed by atoms with E-state index in [4.69, 9.17) is 0 Å². The van der Waals surface area contributed by atoms with E-state index < -0.39 is 0 Å². The predicted molar refractivity (Wildman–Crippen MR) is 69.3 cm³/mol. The van der Waals surface area contributed by atoms with Crippen LogP contribution in [0.25, 0.3) is 5.69 Å². The monoisotopic (exact) mass is 244 g/mol. The summed E-state index contributed by atoms with van der Waals surface area (Å²) in [4.78, 5) is 15.0. The van der Waals surface area contributed by atoms with Crippen molar-refractivity contribution in [3.63, 3.8) is 0 Å². The van der Waals surface area contributed by atoms with Crippen LogP contribution in [0, 0.1) is 0 Å². The molecule has 0 bridgehead atoms. The second-order valence-electron chi connectivity index (χ2n) is 3.91. The first-order valence-corrected chi connectivity index (χ1v) is 5.78. The molecule has 94 valence electrons. The molecule has 1 amide bonds. The SMILES string of the molecule is CNC(=O)CNCc1ccc(-n2ccnc2)cc1. The Balaban J connectivity index is 1.90. The summed E-state index contributed by atoms with van der Waals surface area (Å²) in [6.45, 7) is 1.01. The molecule has 2 rings (SSSR count). The highest BCUT2D eigenvalue weighted by molar-refractivity contribution is 5.77. The van der Waals surface area contributed by atoms with E-state index in [9.17, 15) is 4.79 Å². The Morgan fingerprint density at radius 3 is 2.72 bits per heavy atom. The molecule has 5 heteroatoms. The lowest BCUT2D eigenvalue weighted by Gasteiger charge is -2.06. The van der Waals surface area contributed by atoms with Crippen LogP contribution in [0.5, 0.6) is 0 Å². The van der Waals surface area contributed by atoms with E-state index in [1.54, 1.807) is 19.6 Å². The van der Waals surface area contributed by atoms with Gasteiger partial charge in [-0.2, -0.15) is 0 Å². The Hall–Kier alpha value is -2.14. The standard InChI is InChI=1S/C13H16N4O/c1-14-13(18)9-16-8-11-2-4-12(5-3-11)17-7-6-15-10-17/h2-7,10,16H,8-9H2,1H3,(H,14,18). The summed E-state index contributed by atoms with van der Waals surface area (Å²) in [5.74, 6) is -0.00923. The summed E-state index contributed by atoms with van der Waals surface area (Å²) in [6, 6.07) is 8.12. The first kappa shape index (κ1) is 12.3. The van der Waals surface area contributed by atoms with Crippen molar-refractivity contribution in [3.8, 4) is 5.69 Å². The van der Waals surface area contributed by atoms with Crippen LogP contribution in [-0.2, 0) is 11.3 Å². The number of carbonyl (C=O) groups excluding carboxylic acids is 1. The molecule has 0 unspecified atom stereocenters. The molecular formula is C13H16N4O. The molecule has 0 radical (unpaired) electrons. The normalized spacial score (nSPS) is 10.3. The summed E-state index contributed by atoms with van der Waals surface area (Å²) in [7, 11) is 1.63. The fourth-order valence-electron chi connectivity index (χ4n) is 1.61. The molecule has 0 aliphatic carbocycles. The largest absolute Gasteiger partial charge is 0.358 e. The highest BCUT2D eigenvalue weighted by Crippen LogP contribution is 2.08. The van der Waals surface area contributed by atoms with Crippen LogP contribution in [0.3, 0.4) is 0 Å². The van der Waals surface area contributed by atoms with E-state index in [0.717, 1.165) is 11.3 Å². The van der Waals surface area contributed by atoms with Crippen molar-refractivity contribution in [2.24, 2.45) is 0 Å². The summed E-state index contributed by atoms with van der Waals surface area (Å²) >= 11 is 0. The van der Waals surface area contributed by atoms with Gasteiger partial charge in [0.25, 0.3) is 0 Å². The van der Waals surface area contributed by atoms with Crippen molar-refractivity contribution >= 4 is 5.91 Å². The smallest absolute Gasteiger partial charge is 0.233 e. The van der Waals surface area contributed by atoms with Gasteiger partial charge in [0.2, 0.25) is 5.91 Å². The average Bonchev–Trinajstić information content (AvgIpc) is 2.93. The predicted octanol–water partition coefficient (Wildman–Crippen LogP) is 0.708. The fraction of sp³-hybridized carbons (Fsp3) is 0.231. The third-order valence-corrected chi connectivity index (χ3v) is 2.63. The number of carbonyl (C=O) groups is 1. The lowest BCUT2D eigenvalue weighted by molar-refractivity contribution is -0.119. The lowest BCUT2D eigenvalue weighted by atomic mass is 10.2. The maximum atomic E-state index is 11.0. The molecule has 0 spiro atoms. The highest BCUT2D eigenvalue weighted by Gasteiger charge is 1.98. The number of rotatable bonds is 5. The van der Waals surface area contributed by atoms with E-state index in [0.29, 0.717) is 13.1 Å². The third-order valence-electron chi connectivity index (χ3n) is 2.63. The molecule has 1 heterocycles. The lowest BCUT2D eigenvalue weighted by Crippen LogP contribution is -2.30. The van der Waals surface area contributed by atoms with Crippen LogP contribution in [0.1, 0.15) is 5.56 Å². The molecule has 0 aliphatic rings. The van der Waals surface area contributed by atoms with E-state index in [1.165, 1.54) is 0 Å². The number of hydrogen-bond acceptors (Lipinski definition) is 3. The zero-order chi connectivity index (χ0) is 12.8. The van der Waals surface area contributed by atoms with E-state index in [-0.39, 0.29) is 5.91 Å². The Morgan fingerprint density at radius 1 is 1.33 bits per heavy atom. The van der Waals surface area contributed by atoms with Gasteiger partial charge in [0.1, 0.15) is 0 Å². The number of nitrogens with one attached hydrogen (secondary N) is 2. The van der Waals surface area contributed by atoms with Gasteiger partial charge in [0.05, 0.1) is 12.9 Å². The third kappa shape index (κ3) is 3.18.